The summed E-state index contributed by atoms with van der Waals surface area (Å²) in [5.74, 6) is 0.209. The number of hydrogen-bond donors (Lipinski definition) is 2. The summed E-state index contributed by atoms with van der Waals surface area (Å²) < 4.78 is 5.37. The molecule has 0 fully saturated rings. The molecule has 0 unspecified atom stereocenters. The molecule has 0 saturated heterocycles. The molecule has 0 radical (unpaired) electrons. The Bertz CT molecular complexity index is 729. The van der Waals surface area contributed by atoms with Crippen LogP contribution in [0.1, 0.15) is 53.8 Å². The van der Waals surface area contributed by atoms with E-state index in [4.69, 9.17) is 4.74 Å². The fourth-order valence-corrected chi connectivity index (χ4v) is 2.37. The maximum absolute atomic E-state index is 12.4. The Kier molecular flexibility index (Phi) is 7.61. The van der Waals surface area contributed by atoms with E-state index in [-0.39, 0.29) is 11.8 Å². The molecule has 2 rings (SSSR count). The molecule has 1 aromatic carbocycles. The first-order valence-corrected chi connectivity index (χ1v) is 8.91. The van der Waals surface area contributed by atoms with Crippen LogP contribution in [0.2, 0.25) is 0 Å². The monoisotopic (exact) mass is 355 g/mol. The van der Waals surface area contributed by atoms with Gasteiger partial charge in [0.05, 0.1) is 17.7 Å². The standard InChI is InChI=1S/C20H25N3O3/c1-3-5-6-11-22-19(24)15-12-16(14-21-13-15)20(25)23-17-7-9-18(10-8-17)26-4-2/h7-10,12-14H,3-6,11H2,1-2H3,(H,22,24)(H,23,25). The second-order valence-corrected chi connectivity index (χ2v) is 5.84. The van der Waals surface area contributed by atoms with Gasteiger partial charge in [0.1, 0.15) is 5.75 Å². The van der Waals surface area contributed by atoms with Gasteiger partial charge in [0.25, 0.3) is 11.8 Å². The normalized spacial score (nSPS) is 10.2. The van der Waals surface area contributed by atoms with Crippen molar-refractivity contribution in [3.8, 4) is 5.75 Å². The lowest BCUT2D eigenvalue weighted by Crippen LogP contribution is -2.25. The molecule has 26 heavy (non-hydrogen) atoms. The van der Waals surface area contributed by atoms with Crippen LogP contribution in [0.3, 0.4) is 0 Å². The van der Waals surface area contributed by atoms with Gasteiger partial charge < -0.3 is 15.4 Å². The molecule has 6 nitrogen and oxygen atoms in total. The van der Waals surface area contributed by atoms with Crippen molar-refractivity contribution in [1.29, 1.82) is 0 Å². The van der Waals surface area contributed by atoms with Crippen LogP contribution < -0.4 is 15.4 Å². The zero-order chi connectivity index (χ0) is 18.8. The lowest BCUT2D eigenvalue weighted by molar-refractivity contribution is 0.0952. The summed E-state index contributed by atoms with van der Waals surface area (Å²) in [6, 6.07) is 8.66. The van der Waals surface area contributed by atoms with Gasteiger partial charge in [-0.15, -0.1) is 0 Å². The summed E-state index contributed by atoms with van der Waals surface area (Å²) in [4.78, 5) is 28.5. The van der Waals surface area contributed by atoms with E-state index in [2.05, 4.69) is 22.5 Å². The predicted molar refractivity (Wildman–Crippen MR) is 102 cm³/mol. The molecule has 0 aliphatic rings. The Labute approximate surface area is 154 Å². The molecule has 6 heteroatoms. The van der Waals surface area contributed by atoms with Gasteiger partial charge in [-0.3, -0.25) is 14.6 Å². The summed E-state index contributed by atoms with van der Waals surface area (Å²) in [6.07, 6.45) is 6.01. The molecular formula is C20H25N3O3. The summed E-state index contributed by atoms with van der Waals surface area (Å²) in [5.41, 5.74) is 1.36. The van der Waals surface area contributed by atoms with Crippen LogP contribution in [0.5, 0.6) is 5.75 Å². The molecule has 2 amide bonds. The van der Waals surface area contributed by atoms with Crippen molar-refractivity contribution in [1.82, 2.24) is 10.3 Å². The molecule has 0 bridgehead atoms. The van der Waals surface area contributed by atoms with Gasteiger partial charge >= 0.3 is 0 Å². The van der Waals surface area contributed by atoms with Crippen molar-refractivity contribution >= 4 is 17.5 Å². The number of nitrogens with one attached hydrogen (secondary N) is 2. The van der Waals surface area contributed by atoms with Crippen molar-refractivity contribution in [2.45, 2.75) is 33.1 Å². The topological polar surface area (TPSA) is 80.3 Å². The maximum atomic E-state index is 12.4. The number of carbonyl (C=O) groups excluding carboxylic acids is 2. The number of hydrogen-bond acceptors (Lipinski definition) is 4. The van der Waals surface area contributed by atoms with Gasteiger partial charge in [-0.1, -0.05) is 19.8 Å². The first-order valence-electron chi connectivity index (χ1n) is 8.91. The molecule has 1 aromatic heterocycles. The number of pyridine rings is 1. The number of aromatic nitrogens is 1. The van der Waals surface area contributed by atoms with Crippen LogP contribution in [0.15, 0.2) is 42.7 Å². The van der Waals surface area contributed by atoms with E-state index in [0.717, 1.165) is 25.0 Å². The van der Waals surface area contributed by atoms with E-state index in [9.17, 15) is 9.59 Å². The highest BCUT2D eigenvalue weighted by Crippen LogP contribution is 2.16. The molecule has 0 aliphatic carbocycles. The number of ether oxygens (including phenoxy) is 1. The third-order valence-electron chi connectivity index (χ3n) is 3.75. The largest absolute Gasteiger partial charge is 0.494 e. The van der Waals surface area contributed by atoms with Crippen molar-refractivity contribution < 1.29 is 14.3 Å². The number of amides is 2. The van der Waals surface area contributed by atoms with Gasteiger partial charge in [-0.05, 0) is 43.7 Å². The predicted octanol–water partition coefficient (Wildman–Crippen LogP) is 3.65. The molecule has 0 spiro atoms. The second-order valence-electron chi connectivity index (χ2n) is 5.84. The Morgan fingerprint density at radius 3 is 2.35 bits per heavy atom. The average Bonchev–Trinajstić information content (AvgIpc) is 2.67. The molecular weight excluding hydrogens is 330 g/mol. The van der Waals surface area contributed by atoms with E-state index in [1.54, 1.807) is 30.3 Å². The fraction of sp³-hybridized carbons (Fsp3) is 0.350. The Morgan fingerprint density at radius 2 is 1.69 bits per heavy atom. The van der Waals surface area contributed by atoms with E-state index in [0.29, 0.717) is 30.0 Å². The van der Waals surface area contributed by atoms with Crippen molar-refractivity contribution in [3.63, 3.8) is 0 Å². The van der Waals surface area contributed by atoms with Gasteiger partial charge in [0.15, 0.2) is 0 Å². The SMILES string of the molecule is CCCCCNC(=O)c1cncc(C(=O)Nc2ccc(OCC)cc2)c1. The van der Waals surface area contributed by atoms with Crippen LogP contribution in [0.25, 0.3) is 0 Å². The second kappa shape index (κ2) is 10.2. The summed E-state index contributed by atoms with van der Waals surface area (Å²) >= 11 is 0. The van der Waals surface area contributed by atoms with Crippen LogP contribution in [-0.4, -0.2) is 29.9 Å². The van der Waals surface area contributed by atoms with E-state index in [1.165, 1.54) is 12.4 Å². The first-order chi connectivity index (χ1) is 12.6. The highest BCUT2D eigenvalue weighted by molar-refractivity contribution is 6.05. The van der Waals surface area contributed by atoms with Crippen molar-refractivity contribution in [2.75, 3.05) is 18.5 Å². The molecule has 0 aliphatic heterocycles. The number of nitrogens with zero attached hydrogens (tertiary/aromatic N) is 1. The van der Waals surface area contributed by atoms with Crippen molar-refractivity contribution in [3.05, 3.63) is 53.9 Å². The first kappa shape index (κ1) is 19.4. The van der Waals surface area contributed by atoms with Gasteiger partial charge in [-0.2, -0.15) is 0 Å². The smallest absolute Gasteiger partial charge is 0.257 e. The lowest BCUT2D eigenvalue weighted by Gasteiger charge is -2.08. The minimum Gasteiger partial charge on any atom is -0.494 e. The highest BCUT2D eigenvalue weighted by atomic mass is 16.5. The number of carbonyl (C=O) groups is 2. The average molecular weight is 355 g/mol. The summed E-state index contributed by atoms with van der Waals surface area (Å²) in [5, 5.41) is 5.63. The molecule has 2 N–H and O–H groups in total. The maximum Gasteiger partial charge on any atom is 0.257 e. The molecule has 138 valence electrons. The molecule has 0 saturated carbocycles. The third kappa shape index (κ3) is 5.88. The summed E-state index contributed by atoms with van der Waals surface area (Å²) in [6.45, 7) is 5.23. The van der Waals surface area contributed by atoms with E-state index in [1.807, 2.05) is 6.92 Å². The minimum absolute atomic E-state index is 0.218. The molecule has 0 atom stereocenters. The summed E-state index contributed by atoms with van der Waals surface area (Å²) in [7, 11) is 0. The number of rotatable bonds is 9. The Morgan fingerprint density at radius 1 is 1.00 bits per heavy atom. The van der Waals surface area contributed by atoms with Crippen molar-refractivity contribution in [2.24, 2.45) is 0 Å². The number of benzene rings is 1. The highest BCUT2D eigenvalue weighted by Gasteiger charge is 2.11. The minimum atomic E-state index is -0.317. The fourth-order valence-electron chi connectivity index (χ4n) is 2.37. The molecule has 1 heterocycles. The quantitative estimate of drug-likeness (QED) is 0.673. The van der Waals surface area contributed by atoms with Crippen LogP contribution in [-0.2, 0) is 0 Å². The van der Waals surface area contributed by atoms with Gasteiger partial charge in [0.2, 0.25) is 0 Å². The van der Waals surface area contributed by atoms with Crippen LogP contribution >= 0.6 is 0 Å². The zero-order valence-corrected chi connectivity index (χ0v) is 15.2. The Balaban J connectivity index is 1.97. The zero-order valence-electron chi connectivity index (χ0n) is 15.2. The molecule has 2 aromatic rings. The van der Waals surface area contributed by atoms with E-state index < -0.39 is 0 Å². The van der Waals surface area contributed by atoms with Crippen LogP contribution in [0.4, 0.5) is 5.69 Å². The number of unbranched alkanes of at least 4 members (excludes halogenated alkanes) is 2. The van der Waals surface area contributed by atoms with Gasteiger partial charge in [-0.25, -0.2) is 0 Å². The number of anilines is 1. The van der Waals surface area contributed by atoms with Gasteiger partial charge in [0, 0.05) is 24.6 Å². The van der Waals surface area contributed by atoms with E-state index >= 15 is 0 Å². The third-order valence-corrected chi connectivity index (χ3v) is 3.75. The Hall–Kier alpha value is -2.89. The lowest BCUT2D eigenvalue weighted by atomic mass is 10.1. The van der Waals surface area contributed by atoms with Crippen LogP contribution in [0, 0.1) is 0 Å².